The van der Waals surface area contributed by atoms with Crippen molar-refractivity contribution in [2.75, 3.05) is 7.11 Å². The smallest absolute Gasteiger partial charge is 0.327 e. The molecule has 0 bridgehead atoms. The maximum Gasteiger partial charge on any atom is 0.327 e. The zero-order valence-electron chi connectivity index (χ0n) is 12.1. The molecule has 4 nitrogen and oxygen atoms in total. The molecule has 0 aromatic heterocycles. The highest BCUT2D eigenvalue weighted by Gasteiger charge is 2.54. The van der Waals surface area contributed by atoms with E-state index >= 15 is 0 Å². The van der Waals surface area contributed by atoms with Crippen LogP contribution in [0.5, 0.6) is 0 Å². The third kappa shape index (κ3) is 2.14. The summed E-state index contributed by atoms with van der Waals surface area (Å²) in [5.41, 5.74) is 1.94. The van der Waals surface area contributed by atoms with Gasteiger partial charge in [0.05, 0.1) is 12.0 Å². The van der Waals surface area contributed by atoms with Crippen LogP contribution in [0.1, 0.15) is 36.8 Å². The molecule has 0 saturated heterocycles. The number of benzene rings is 1. The average Bonchev–Trinajstić information content (AvgIpc) is 2.92. The predicted octanol–water partition coefficient (Wildman–Crippen LogP) is 2.56. The molecule has 0 amide bonds. The summed E-state index contributed by atoms with van der Waals surface area (Å²) in [5, 5.41) is 0. The Hall–Kier alpha value is -1.36. The highest BCUT2D eigenvalue weighted by molar-refractivity contribution is 7.93. The highest BCUT2D eigenvalue weighted by Crippen LogP contribution is 2.41. The fourth-order valence-electron chi connectivity index (χ4n) is 2.82. The van der Waals surface area contributed by atoms with E-state index in [0.717, 1.165) is 24.0 Å². The molecule has 1 fully saturated rings. The number of carbonyl (C=O) groups is 1. The molecule has 1 aliphatic carbocycles. The summed E-state index contributed by atoms with van der Waals surface area (Å²) in [4.78, 5) is 12.3. The summed E-state index contributed by atoms with van der Waals surface area (Å²) in [6, 6.07) is 5.01. The quantitative estimate of drug-likeness (QED) is 0.804. The molecule has 0 N–H and O–H groups in total. The maximum atomic E-state index is 12.9. The van der Waals surface area contributed by atoms with Gasteiger partial charge in [-0.25, -0.2) is 8.42 Å². The number of carbonyl (C=O) groups excluding carboxylic acids is 1. The normalized spacial score (nSPS) is 17.9. The van der Waals surface area contributed by atoms with E-state index in [2.05, 4.69) is 0 Å². The van der Waals surface area contributed by atoms with Gasteiger partial charge in [-0.2, -0.15) is 0 Å². The maximum absolute atomic E-state index is 12.9. The minimum atomic E-state index is -3.73. The molecular weight excluding hydrogens is 276 g/mol. The Morgan fingerprint density at radius 3 is 2.25 bits per heavy atom. The number of rotatable bonds is 3. The van der Waals surface area contributed by atoms with Gasteiger partial charge >= 0.3 is 5.97 Å². The van der Waals surface area contributed by atoms with Gasteiger partial charge in [0.1, 0.15) is 0 Å². The van der Waals surface area contributed by atoms with Crippen molar-refractivity contribution in [2.45, 2.75) is 49.2 Å². The molecule has 1 aromatic rings. The van der Waals surface area contributed by atoms with Gasteiger partial charge < -0.3 is 4.74 Å². The lowest BCUT2D eigenvalue weighted by molar-refractivity contribution is -0.143. The van der Waals surface area contributed by atoms with Crippen LogP contribution in [0.4, 0.5) is 0 Å². The Bertz CT molecular complexity index is 625. The van der Waals surface area contributed by atoms with Crippen LogP contribution in [-0.2, 0) is 19.4 Å². The van der Waals surface area contributed by atoms with Crippen LogP contribution in [0.2, 0.25) is 0 Å². The van der Waals surface area contributed by atoms with Crippen LogP contribution in [0.3, 0.4) is 0 Å². The first-order valence-electron chi connectivity index (χ1n) is 6.75. The van der Waals surface area contributed by atoms with Crippen LogP contribution in [0.15, 0.2) is 23.1 Å². The predicted molar refractivity (Wildman–Crippen MR) is 76.3 cm³/mol. The van der Waals surface area contributed by atoms with Gasteiger partial charge in [-0.05, 0) is 49.9 Å². The molecule has 0 aliphatic heterocycles. The molecule has 2 rings (SSSR count). The van der Waals surface area contributed by atoms with Crippen molar-refractivity contribution >= 4 is 15.8 Å². The van der Waals surface area contributed by atoms with E-state index < -0.39 is 20.6 Å². The van der Waals surface area contributed by atoms with Gasteiger partial charge in [-0.15, -0.1) is 0 Å². The molecule has 1 aromatic carbocycles. The van der Waals surface area contributed by atoms with E-state index in [-0.39, 0.29) is 4.90 Å². The summed E-state index contributed by atoms with van der Waals surface area (Å²) in [6.07, 6.45) is 2.15. The van der Waals surface area contributed by atoms with Crippen molar-refractivity contribution in [3.05, 3.63) is 29.3 Å². The SMILES string of the molecule is COC(=O)C1(S(=O)(=O)c2ccc(C)c(C)c2)CCCC1. The zero-order valence-corrected chi connectivity index (χ0v) is 12.9. The van der Waals surface area contributed by atoms with Crippen molar-refractivity contribution in [2.24, 2.45) is 0 Å². The van der Waals surface area contributed by atoms with E-state index in [1.54, 1.807) is 18.2 Å². The summed E-state index contributed by atoms with van der Waals surface area (Å²) < 4.78 is 29.2. The third-order valence-corrected chi connectivity index (χ3v) is 6.75. The average molecular weight is 296 g/mol. The topological polar surface area (TPSA) is 60.4 Å². The fraction of sp³-hybridized carbons (Fsp3) is 0.533. The number of hydrogen-bond donors (Lipinski definition) is 0. The lowest BCUT2D eigenvalue weighted by atomic mass is 10.1. The van der Waals surface area contributed by atoms with Crippen LogP contribution in [0, 0.1) is 13.8 Å². The molecule has 0 heterocycles. The third-order valence-electron chi connectivity index (χ3n) is 4.27. The van der Waals surface area contributed by atoms with Gasteiger partial charge in [-0.3, -0.25) is 4.79 Å². The van der Waals surface area contributed by atoms with Gasteiger partial charge in [-0.1, -0.05) is 18.9 Å². The summed E-state index contributed by atoms with van der Waals surface area (Å²) in [5.74, 6) is -0.631. The molecule has 0 unspecified atom stereocenters. The first-order chi connectivity index (χ1) is 9.35. The molecular formula is C15H20O4S. The minimum absolute atomic E-state index is 0.216. The monoisotopic (exact) mass is 296 g/mol. The van der Waals surface area contributed by atoms with Gasteiger partial charge in [0.25, 0.3) is 0 Å². The number of hydrogen-bond acceptors (Lipinski definition) is 4. The first-order valence-corrected chi connectivity index (χ1v) is 8.24. The molecule has 1 saturated carbocycles. The lowest BCUT2D eigenvalue weighted by Crippen LogP contribution is -2.44. The Morgan fingerprint density at radius 2 is 1.75 bits per heavy atom. The molecule has 0 spiro atoms. The fourth-order valence-corrected chi connectivity index (χ4v) is 4.98. The van der Waals surface area contributed by atoms with E-state index in [9.17, 15) is 13.2 Å². The highest BCUT2D eigenvalue weighted by atomic mass is 32.2. The van der Waals surface area contributed by atoms with Crippen molar-refractivity contribution in [3.8, 4) is 0 Å². The van der Waals surface area contributed by atoms with Crippen molar-refractivity contribution < 1.29 is 17.9 Å². The van der Waals surface area contributed by atoms with E-state index in [0.29, 0.717) is 12.8 Å². The zero-order chi connectivity index (χ0) is 15.0. The Morgan fingerprint density at radius 1 is 1.15 bits per heavy atom. The van der Waals surface area contributed by atoms with E-state index in [1.807, 2.05) is 13.8 Å². The second kappa shape index (κ2) is 5.20. The Kier molecular flexibility index (Phi) is 3.91. The van der Waals surface area contributed by atoms with Gasteiger partial charge in [0.2, 0.25) is 0 Å². The summed E-state index contributed by atoms with van der Waals surface area (Å²) in [7, 11) is -2.48. The Labute approximate surface area is 120 Å². The van der Waals surface area contributed by atoms with Gasteiger partial charge in [0, 0.05) is 0 Å². The summed E-state index contributed by atoms with van der Waals surface area (Å²) >= 11 is 0. The number of sulfone groups is 1. The second-order valence-electron chi connectivity index (χ2n) is 5.44. The first kappa shape index (κ1) is 15.0. The standard InChI is InChI=1S/C15H20O4S/c1-11-6-7-13(10-12(11)2)20(17,18)15(14(16)19-3)8-4-5-9-15/h6-7,10H,4-5,8-9H2,1-3H3. The molecule has 5 heteroatoms. The summed E-state index contributed by atoms with van der Waals surface area (Å²) in [6.45, 7) is 3.80. The van der Waals surface area contributed by atoms with E-state index in [1.165, 1.54) is 7.11 Å². The van der Waals surface area contributed by atoms with Crippen LogP contribution < -0.4 is 0 Å². The lowest BCUT2D eigenvalue weighted by Gasteiger charge is -2.26. The molecule has 20 heavy (non-hydrogen) atoms. The van der Waals surface area contributed by atoms with Crippen molar-refractivity contribution in [3.63, 3.8) is 0 Å². The Balaban J connectivity index is 2.57. The van der Waals surface area contributed by atoms with Gasteiger partial charge in [0.15, 0.2) is 14.6 Å². The number of aryl methyl sites for hydroxylation is 2. The minimum Gasteiger partial charge on any atom is -0.468 e. The molecule has 0 atom stereocenters. The van der Waals surface area contributed by atoms with Crippen LogP contribution in [-0.4, -0.2) is 26.2 Å². The number of ether oxygens (including phenoxy) is 1. The van der Waals surface area contributed by atoms with E-state index in [4.69, 9.17) is 4.74 Å². The number of methoxy groups -OCH3 is 1. The van der Waals surface area contributed by atoms with Crippen LogP contribution >= 0.6 is 0 Å². The molecule has 1 aliphatic rings. The second-order valence-corrected chi connectivity index (χ2v) is 7.70. The van der Waals surface area contributed by atoms with Crippen molar-refractivity contribution in [1.82, 2.24) is 0 Å². The molecule has 110 valence electrons. The molecule has 0 radical (unpaired) electrons. The van der Waals surface area contributed by atoms with Crippen molar-refractivity contribution in [1.29, 1.82) is 0 Å². The van der Waals surface area contributed by atoms with Crippen LogP contribution in [0.25, 0.3) is 0 Å². The number of esters is 1. The largest absolute Gasteiger partial charge is 0.468 e.